The largest absolute Gasteiger partial charge is 0.478 e. The van der Waals surface area contributed by atoms with E-state index in [1.165, 1.54) is 17.3 Å². The van der Waals surface area contributed by atoms with Crippen molar-refractivity contribution in [3.05, 3.63) is 143 Å². The molecular weight excluding hydrogens is 677 g/mol. The number of Topliss-reactive ketones (excluding diaryl/α,β-unsaturated/α-hetero) is 1. The molecule has 54 heavy (non-hydrogen) atoms. The summed E-state index contributed by atoms with van der Waals surface area (Å²) in [6.07, 6.45) is 9.38. The Labute approximate surface area is 315 Å². The number of hydrogen-bond donors (Lipinski definition) is 3. The predicted octanol–water partition coefficient (Wildman–Crippen LogP) is 8.43. The van der Waals surface area contributed by atoms with Crippen LogP contribution in [0.4, 0.5) is 0 Å². The van der Waals surface area contributed by atoms with E-state index in [-0.39, 0.29) is 23.2 Å². The molecule has 2 amide bonds. The highest BCUT2D eigenvalue weighted by Crippen LogP contribution is 2.27. The van der Waals surface area contributed by atoms with Crippen LogP contribution in [0.3, 0.4) is 0 Å². The van der Waals surface area contributed by atoms with Gasteiger partial charge in [-0.15, -0.1) is 0 Å². The average Bonchev–Trinajstić information content (AvgIpc) is 3.83. The molecule has 4 heterocycles. The van der Waals surface area contributed by atoms with E-state index in [9.17, 15) is 24.3 Å². The summed E-state index contributed by atoms with van der Waals surface area (Å²) in [5.74, 6) is 0.286. The van der Waals surface area contributed by atoms with Gasteiger partial charge in [0.2, 0.25) is 0 Å². The topological polar surface area (TPSA) is 127 Å². The Morgan fingerprint density at radius 3 is 1.41 bits per heavy atom. The quantitative estimate of drug-likeness (QED) is 0.136. The maximum atomic E-state index is 12.9. The van der Waals surface area contributed by atoms with Crippen LogP contribution in [0.25, 0.3) is 21.8 Å². The van der Waals surface area contributed by atoms with Crippen molar-refractivity contribution in [2.75, 3.05) is 26.2 Å². The maximum absolute atomic E-state index is 12.9. The van der Waals surface area contributed by atoms with E-state index in [1.807, 2.05) is 40.1 Å². The summed E-state index contributed by atoms with van der Waals surface area (Å²) in [6.45, 7) is 4.62. The molecule has 0 saturated carbocycles. The number of aromatic carboxylic acids is 1. The normalized spacial score (nSPS) is 15.2. The first-order valence-corrected chi connectivity index (χ1v) is 18.9. The van der Waals surface area contributed by atoms with Crippen LogP contribution in [0.5, 0.6) is 0 Å². The van der Waals surface area contributed by atoms with Gasteiger partial charge in [-0.25, -0.2) is 4.79 Å². The predicted molar refractivity (Wildman–Crippen MR) is 211 cm³/mol. The summed E-state index contributed by atoms with van der Waals surface area (Å²) in [7, 11) is 0. The number of carboxylic acid groups (broad SMARTS) is 1. The molecule has 8 rings (SSSR count). The molecule has 9 nitrogen and oxygen atoms in total. The second kappa shape index (κ2) is 16.4. The van der Waals surface area contributed by atoms with Crippen molar-refractivity contribution in [1.82, 2.24) is 19.8 Å². The minimum absolute atomic E-state index is 0.00701. The number of rotatable bonds is 8. The number of carboxylic acids is 1. The van der Waals surface area contributed by atoms with Crippen molar-refractivity contribution in [3.63, 3.8) is 0 Å². The zero-order chi connectivity index (χ0) is 37.6. The molecular formula is C45H46N4O5. The molecule has 0 aliphatic carbocycles. The highest BCUT2D eigenvalue weighted by Gasteiger charge is 2.26. The lowest BCUT2D eigenvalue weighted by Gasteiger charge is -2.32. The second-order valence-electron chi connectivity index (χ2n) is 14.6. The summed E-state index contributed by atoms with van der Waals surface area (Å²) in [5.41, 5.74) is 6.38. The van der Waals surface area contributed by atoms with Crippen LogP contribution >= 0.6 is 0 Å². The second-order valence-corrected chi connectivity index (χ2v) is 14.6. The number of aromatic amines is 2. The van der Waals surface area contributed by atoms with E-state index in [0.717, 1.165) is 81.1 Å². The van der Waals surface area contributed by atoms with Crippen LogP contribution in [0.1, 0.15) is 85.2 Å². The van der Waals surface area contributed by atoms with Crippen LogP contribution < -0.4 is 0 Å². The Hall–Kier alpha value is -5.96. The number of carbonyl (C=O) groups is 4. The highest BCUT2D eigenvalue weighted by atomic mass is 16.4. The Kier molecular flexibility index (Phi) is 11.0. The number of benzene rings is 4. The number of nitrogens with one attached hydrogen (secondary N) is 2. The number of carbonyl (C=O) groups excluding carboxylic acids is 3. The Morgan fingerprint density at radius 2 is 1.00 bits per heavy atom. The number of piperidine rings is 2. The molecule has 2 fully saturated rings. The number of amides is 2. The van der Waals surface area contributed by atoms with Gasteiger partial charge in [0.05, 0.1) is 5.56 Å². The van der Waals surface area contributed by atoms with Gasteiger partial charge in [0.1, 0.15) is 0 Å². The number of aromatic nitrogens is 2. The van der Waals surface area contributed by atoms with Gasteiger partial charge in [-0.1, -0.05) is 60.7 Å². The molecule has 0 radical (unpaired) electrons. The number of hydrogen-bond acceptors (Lipinski definition) is 4. The van der Waals surface area contributed by atoms with Crippen molar-refractivity contribution in [2.24, 2.45) is 11.8 Å². The molecule has 2 aromatic heterocycles. The van der Waals surface area contributed by atoms with Gasteiger partial charge in [0.25, 0.3) is 11.8 Å². The molecule has 2 saturated heterocycles. The molecule has 0 spiro atoms. The molecule has 2 aliphatic rings. The van der Waals surface area contributed by atoms with Crippen molar-refractivity contribution in [2.45, 2.75) is 45.4 Å². The van der Waals surface area contributed by atoms with Crippen molar-refractivity contribution < 1.29 is 24.3 Å². The van der Waals surface area contributed by atoms with Crippen LogP contribution in [0.15, 0.2) is 109 Å². The Bertz CT molecular complexity index is 2100. The smallest absolute Gasteiger partial charge is 0.337 e. The van der Waals surface area contributed by atoms with Crippen molar-refractivity contribution in [3.8, 4) is 0 Å². The molecule has 2 aliphatic heterocycles. The zero-order valence-electron chi connectivity index (χ0n) is 30.6. The van der Waals surface area contributed by atoms with Crippen LogP contribution in [-0.4, -0.2) is 74.6 Å². The summed E-state index contributed by atoms with van der Waals surface area (Å²) in [4.78, 5) is 58.8. The maximum Gasteiger partial charge on any atom is 0.337 e. The summed E-state index contributed by atoms with van der Waals surface area (Å²) in [6, 6.07) is 31.9. The lowest BCUT2D eigenvalue weighted by Crippen LogP contribution is -2.38. The third kappa shape index (κ3) is 8.31. The SMILES string of the molecule is CC(=O)c1c[nH]c2ccc(C(=O)N3CCC(Cc4ccccc4)CC3)cc12.O=C(O)c1c[nH]c2ccc(C(=O)N3CCC(Cc4ccccc4)CC3)cc12. The first-order valence-electron chi connectivity index (χ1n) is 18.9. The average molecular weight is 723 g/mol. The number of likely N-dealkylation sites (tertiary alicyclic amines) is 2. The number of ketones is 1. The fraction of sp³-hybridized carbons (Fsp3) is 0.289. The Balaban J connectivity index is 0.000000167. The van der Waals surface area contributed by atoms with E-state index < -0.39 is 5.97 Å². The van der Waals surface area contributed by atoms with E-state index in [2.05, 4.69) is 58.5 Å². The third-order valence-electron chi connectivity index (χ3n) is 11.0. The van der Waals surface area contributed by atoms with E-state index in [0.29, 0.717) is 33.9 Å². The standard InChI is InChI=1S/C23H24N2O2.C22H22N2O3/c1-16(26)21-15-24-22-8-7-19(14-20(21)22)23(27)25-11-9-18(10-12-25)13-17-5-3-2-4-6-17;25-21(17-6-7-20-18(13-17)19(14-23-20)22(26)27)24-10-8-16(9-11-24)12-15-4-2-1-3-5-15/h2-8,14-15,18,24H,9-13H2,1H3;1-7,13-14,16,23H,8-12H2,(H,26,27). The highest BCUT2D eigenvalue weighted by molar-refractivity contribution is 6.09. The molecule has 0 atom stereocenters. The Morgan fingerprint density at radius 1 is 0.593 bits per heavy atom. The lowest BCUT2D eigenvalue weighted by atomic mass is 9.90. The fourth-order valence-electron chi connectivity index (χ4n) is 7.92. The molecule has 0 bridgehead atoms. The monoisotopic (exact) mass is 722 g/mol. The summed E-state index contributed by atoms with van der Waals surface area (Å²) < 4.78 is 0. The molecule has 9 heteroatoms. The van der Waals surface area contributed by atoms with E-state index >= 15 is 0 Å². The van der Waals surface area contributed by atoms with Crippen molar-refractivity contribution in [1.29, 1.82) is 0 Å². The van der Waals surface area contributed by atoms with Gasteiger partial charge in [-0.05, 0) is 105 Å². The van der Waals surface area contributed by atoms with Crippen LogP contribution in [0.2, 0.25) is 0 Å². The first kappa shape index (κ1) is 36.4. The van der Waals surface area contributed by atoms with Crippen molar-refractivity contribution >= 4 is 45.4 Å². The summed E-state index contributed by atoms with van der Waals surface area (Å²) >= 11 is 0. The number of fused-ring (bicyclic) bond motifs is 2. The van der Waals surface area contributed by atoms with Crippen LogP contribution in [-0.2, 0) is 12.8 Å². The minimum Gasteiger partial charge on any atom is -0.478 e. The van der Waals surface area contributed by atoms with Gasteiger partial charge < -0.3 is 24.9 Å². The van der Waals surface area contributed by atoms with E-state index in [4.69, 9.17) is 0 Å². The number of nitrogens with zero attached hydrogens (tertiary/aromatic N) is 2. The van der Waals surface area contributed by atoms with Gasteiger partial charge in [0, 0.05) is 77.1 Å². The van der Waals surface area contributed by atoms with Gasteiger partial charge >= 0.3 is 5.97 Å². The van der Waals surface area contributed by atoms with Gasteiger partial charge in [-0.3, -0.25) is 14.4 Å². The molecule has 276 valence electrons. The zero-order valence-corrected chi connectivity index (χ0v) is 30.6. The number of H-pyrrole nitrogens is 2. The molecule has 3 N–H and O–H groups in total. The van der Waals surface area contributed by atoms with E-state index in [1.54, 1.807) is 31.3 Å². The lowest BCUT2D eigenvalue weighted by molar-refractivity contribution is 0.0682. The molecule has 6 aromatic rings. The van der Waals surface area contributed by atoms with Gasteiger partial charge in [-0.2, -0.15) is 0 Å². The molecule has 4 aromatic carbocycles. The summed E-state index contributed by atoms with van der Waals surface area (Å²) in [5, 5.41) is 10.7. The molecule has 0 unspecified atom stereocenters. The minimum atomic E-state index is -0.993. The fourth-order valence-corrected chi connectivity index (χ4v) is 7.92. The van der Waals surface area contributed by atoms with Crippen LogP contribution in [0, 0.1) is 11.8 Å². The third-order valence-corrected chi connectivity index (χ3v) is 11.0. The first-order chi connectivity index (χ1) is 26.2. The van der Waals surface area contributed by atoms with Gasteiger partial charge in [0.15, 0.2) is 5.78 Å².